The summed E-state index contributed by atoms with van der Waals surface area (Å²) in [6.45, 7) is 9.27. The summed E-state index contributed by atoms with van der Waals surface area (Å²) in [7, 11) is 0. The number of aromatic nitrogens is 2. The Hall–Kier alpha value is -1.23. The van der Waals surface area contributed by atoms with Gasteiger partial charge in [-0.3, -0.25) is 0 Å². The molecule has 0 radical (unpaired) electrons. The molecule has 0 spiro atoms. The molecule has 100 valence electrons. The van der Waals surface area contributed by atoms with Crippen LogP contribution in [0.15, 0.2) is 0 Å². The molecule has 0 fully saturated rings. The number of hydrogen-bond donors (Lipinski definition) is 0. The van der Waals surface area contributed by atoms with Crippen molar-refractivity contribution in [3.05, 3.63) is 16.7 Å². The number of fused-ring (bicyclic) bond motifs is 1. The summed E-state index contributed by atoms with van der Waals surface area (Å²) in [5.41, 5.74) is 0.403. The lowest BCUT2D eigenvalue weighted by molar-refractivity contribution is 0.0198. The van der Waals surface area contributed by atoms with E-state index in [2.05, 4.69) is 4.98 Å². The number of carbonyl (C=O) groups excluding carboxylic acids is 1. The summed E-state index contributed by atoms with van der Waals surface area (Å²) < 4.78 is 7.40. The van der Waals surface area contributed by atoms with Gasteiger partial charge in [0, 0.05) is 13.1 Å². The first-order valence-corrected chi connectivity index (χ1v) is 6.35. The van der Waals surface area contributed by atoms with Gasteiger partial charge in [-0.15, -0.1) is 0 Å². The lowest BCUT2D eigenvalue weighted by Crippen LogP contribution is -2.41. The van der Waals surface area contributed by atoms with Crippen molar-refractivity contribution in [2.45, 2.75) is 46.4 Å². The van der Waals surface area contributed by atoms with Gasteiger partial charge in [0.1, 0.15) is 11.4 Å². The zero-order valence-corrected chi connectivity index (χ0v) is 11.9. The molecule has 0 aromatic carbocycles. The average Bonchev–Trinajstić information content (AvgIpc) is 2.52. The van der Waals surface area contributed by atoms with Gasteiger partial charge in [0.15, 0.2) is 5.15 Å². The van der Waals surface area contributed by atoms with E-state index in [0.717, 1.165) is 11.5 Å². The lowest BCUT2D eigenvalue weighted by atomic mass is 10.2. The molecule has 2 rings (SSSR count). The van der Waals surface area contributed by atoms with E-state index in [1.54, 1.807) is 4.90 Å². The first-order valence-electron chi connectivity index (χ1n) is 5.97. The fourth-order valence-electron chi connectivity index (χ4n) is 1.98. The van der Waals surface area contributed by atoms with Crippen molar-refractivity contribution in [1.82, 2.24) is 14.5 Å². The Bertz CT molecular complexity index is 476. The number of amides is 1. The standard InChI is InChI=1S/C12H18ClN3O2/c1-8-14-10(13)9-7-15(5-6-16(8)9)11(17)18-12(2,3)4/h5-7H2,1-4H3. The zero-order valence-electron chi connectivity index (χ0n) is 11.2. The van der Waals surface area contributed by atoms with E-state index in [0.29, 0.717) is 24.8 Å². The van der Waals surface area contributed by atoms with Gasteiger partial charge in [0.05, 0.1) is 12.2 Å². The Kier molecular flexibility index (Phi) is 3.27. The van der Waals surface area contributed by atoms with Crippen LogP contribution in [0.5, 0.6) is 0 Å². The Morgan fingerprint density at radius 1 is 1.39 bits per heavy atom. The van der Waals surface area contributed by atoms with Crippen molar-refractivity contribution in [2.75, 3.05) is 6.54 Å². The first kappa shape index (κ1) is 13.2. The van der Waals surface area contributed by atoms with Crippen LogP contribution in [-0.4, -0.2) is 32.7 Å². The summed E-state index contributed by atoms with van der Waals surface area (Å²) in [5.74, 6) is 0.888. The molecule has 0 atom stereocenters. The van der Waals surface area contributed by atoms with Crippen LogP contribution in [0.2, 0.25) is 5.15 Å². The maximum Gasteiger partial charge on any atom is 0.410 e. The van der Waals surface area contributed by atoms with Gasteiger partial charge in [-0.25, -0.2) is 9.78 Å². The summed E-state index contributed by atoms with van der Waals surface area (Å²) in [6.07, 6.45) is -0.302. The second-order valence-electron chi connectivity index (χ2n) is 5.45. The molecule has 0 saturated heterocycles. The largest absolute Gasteiger partial charge is 0.444 e. The molecule has 1 aromatic rings. The molecule has 5 nitrogen and oxygen atoms in total. The molecule has 2 heterocycles. The average molecular weight is 272 g/mol. The van der Waals surface area contributed by atoms with Gasteiger partial charge in [0.25, 0.3) is 0 Å². The van der Waals surface area contributed by atoms with E-state index in [1.165, 1.54) is 0 Å². The smallest absolute Gasteiger partial charge is 0.410 e. The summed E-state index contributed by atoms with van der Waals surface area (Å²) in [5, 5.41) is 0.473. The third-order valence-electron chi connectivity index (χ3n) is 2.80. The van der Waals surface area contributed by atoms with E-state index >= 15 is 0 Å². The highest BCUT2D eigenvalue weighted by Gasteiger charge is 2.28. The predicted molar refractivity (Wildman–Crippen MR) is 68.6 cm³/mol. The summed E-state index contributed by atoms with van der Waals surface area (Å²) in [6, 6.07) is 0. The maximum absolute atomic E-state index is 12.0. The quantitative estimate of drug-likeness (QED) is 0.729. The third kappa shape index (κ3) is 2.61. The highest BCUT2D eigenvalue weighted by atomic mass is 35.5. The number of halogens is 1. The number of carbonyl (C=O) groups is 1. The van der Waals surface area contributed by atoms with E-state index < -0.39 is 5.60 Å². The predicted octanol–water partition coefficient (Wildman–Crippen LogP) is 2.60. The Morgan fingerprint density at radius 3 is 2.67 bits per heavy atom. The normalized spacial score (nSPS) is 15.5. The Morgan fingerprint density at radius 2 is 2.06 bits per heavy atom. The topological polar surface area (TPSA) is 47.4 Å². The van der Waals surface area contributed by atoms with Crippen molar-refractivity contribution in [3.8, 4) is 0 Å². The van der Waals surface area contributed by atoms with Gasteiger partial charge in [0.2, 0.25) is 0 Å². The monoisotopic (exact) mass is 271 g/mol. The van der Waals surface area contributed by atoms with E-state index in [4.69, 9.17) is 16.3 Å². The van der Waals surface area contributed by atoms with Crippen LogP contribution in [0.4, 0.5) is 4.79 Å². The van der Waals surface area contributed by atoms with E-state index in [-0.39, 0.29) is 6.09 Å². The van der Waals surface area contributed by atoms with Crippen LogP contribution in [0.25, 0.3) is 0 Å². The molecule has 6 heteroatoms. The third-order valence-corrected chi connectivity index (χ3v) is 3.10. The molecule has 0 saturated carbocycles. The van der Waals surface area contributed by atoms with Gasteiger partial charge in [-0.05, 0) is 27.7 Å². The van der Waals surface area contributed by atoms with Crippen LogP contribution in [0, 0.1) is 6.92 Å². The van der Waals surface area contributed by atoms with Gasteiger partial charge in [-0.1, -0.05) is 11.6 Å². The fourth-order valence-corrected chi connectivity index (χ4v) is 2.27. The Balaban J connectivity index is 2.12. The minimum Gasteiger partial charge on any atom is -0.444 e. The van der Waals surface area contributed by atoms with Crippen molar-refractivity contribution < 1.29 is 9.53 Å². The SMILES string of the molecule is Cc1nc(Cl)c2n1CCN(C(=O)OC(C)(C)C)C2. The number of ether oxygens (including phenoxy) is 1. The summed E-state index contributed by atoms with van der Waals surface area (Å²) in [4.78, 5) is 17.8. The molecular weight excluding hydrogens is 254 g/mol. The maximum atomic E-state index is 12.0. The number of rotatable bonds is 0. The fraction of sp³-hybridized carbons (Fsp3) is 0.667. The molecule has 0 bridgehead atoms. The van der Waals surface area contributed by atoms with Crippen molar-refractivity contribution in [2.24, 2.45) is 0 Å². The highest BCUT2D eigenvalue weighted by molar-refractivity contribution is 6.30. The zero-order chi connectivity index (χ0) is 13.5. The van der Waals surface area contributed by atoms with Crippen molar-refractivity contribution >= 4 is 17.7 Å². The second-order valence-corrected chi connectivity index (χ2v) is 5.81. The van der Waals surface area contributed by atoms with E-state index in [1.807, 2.05) is 32.3 Å². The number of imidazole rings is 1. The molecule has 1 aromatic heterocycles. The number of hydrogen-bond acceptors (Lipinski definition) is 3. The van der Waals surface area contributed by atoms with Gasteiger partial charge < -0.3 is 14.2 Å². The van der Waals surface area contributed by atoms with Gasteiger partial charge >= 0.3 is 6.09 Å². The minimum atomic E-state index is -0.478. The van der Waals surface area contributed by atoms with E-state index in [9.17, 15) is 4.79 Å². The minimum absolute atomic E-state index is 0.302. The highest BCUT2D eigenvalue weighted by Crippen LogP contribution is 2.23. The van der Waals surface area contributed by atoms with Crippen molar-refractivity contribution in [1.29, 1.82) is 0 Å². The van der Waals surface area contributed by atoms with Crippen LogP contribution < -0.4 is 0 Å². The number of aryl methyl sites for hydroxylation is 1. The first-order chi connectivity index (χ1) is 8.28. The van der Waals surface area contributed by atoms with Crippen LogP contribution in [0.3, 0.4) is 0 Å². The van der Waals surface area contributed by atoms with Crippen molar-refractivity contribution in [3.63, 3.8) is 0 Å². The molecular formula is C12H18ClN3O2. The Labute approximate surface area is 112 Å². The molecule has 1 aliphatic heterocycles. The molecule has 1 aliphatic rings. The molecule has 18 heavy (non-hydrogen) atoms. The molecule has 0 unspecified atom stereocenters. The summed E-state index contributed by atoms with van der Waals surface area (Å²) >= 11 is 6.06. The number of nitrogens with zero attached hydrogens (tertiary/aromatic N) is 3. The van der Waals surface area contributed by atoms with Gasteiger partial charge in [-0.2, -0.15) is 0 Å². The molecule has 1 amide bonds. The molecule has 0 aliphatic carbocycles. The second kappa shape index (κ2) is 4.46. The lowest BCUT2D eigenvalue weighted by Gasteiger charge is -2.31. The van der Waals surface area contributed by atoms with Crippen LogP contribution in [0.1, 0.15) is 32.3 Å². The van der Waals surface area contributed by atoms with Crippen LogP contribution in [-0.2, 0) is 17.8 Å². The molecule has 0 N–H and O–H groups in total. The van der Waals surface area contributed by atoms with Crippen LogP contribution >= 0.6 is 11.6 Å².